The van der Waals surface area contributed by atoms with Gasteiger partial charge in [0, 0.05) is 4.47 Å². The van der Waals surface area contributed by atoms with E-state index in [1.54, 1.807) is 6.33 Å². The average molecular weight is 358 g/mol. The molecule has 22 heavy (non-hydrogen) atoms. The number of aromatic nitrogens is 2. The van der Waals surface area contributed by atoms with E-state index < -0.39 is 0 Å². The van der Waals surface area contributed by atoms with Gasteiger partial charge < -0.3 is 9.88 Å². The number of hydrogen-bond acceptors (Lipinski definition) is 2. The minimum Gasteiger partial charge on any atom is -0.348 e. The third kappa shape index (κ3) is 3.20. The van der Waals surface area contributed by atoms with Crippen LogP contribution >= 0.6 is 15.9 Å². The fourth-order valence-electron chi connectivity index (χ4n) is 2.41. The number of imidazole rings is 1. The zero-order valence-electron chi connectivity index (χ0n) is 12.2. The lowest BCUT2D eigenvalue weighted by Gasteiger charge is -2.15. The number of nitrogens with zero attached hydrogens (tertiary/aromatic N) is 2. The first-order valence-electron chi connectivity index (χ1n) is 7.08. The van der Waals surface area contributed by atoms with Gasteiger partial charge in [-0.25, -0.2) is 4.98 Å². The average Bonchev–Trinajstić information content (AvgIpc) is 2.91. The van der Waals surface area contributed by atoms with Crippen molar-refractivity contribution in [2.24, 2.45) is 0 Å². The fourth-order valence-corrected chi connectivity index (χ4v) is 2.68. The Morgan fingerprint density at radius 2 is 1.95 bits per heavy atom. The predicted octanol–water partition coefficient (Wildman–Crippen LogP) is 3.68. The van der Waals surface area contributed by atoms with Crippen LogP contribution in [0.15, 0.2) is 59.3 Å². The molecule has 4 nitrogen and oxygen atoms in total. The number of amides is 1. The topological polar surface area (TPSA) is 46.9 Å². The summed E-state index contributed by atoms with van der Waals surface area (Å²) in [4.78, 5) is 16.5. The van der Waals surface area contributed by atoms with Crippen LogP contribution in [-0.2, 0) is 11.3 Å². The molecule has 5 heteroatoms. The van der Waals surface area contributed by atoms with Gasteiger partial charge in [-0.05, 0) is 36.8 Å². The Hall–Kier alpha value is -2.14. The maximum Gasteiger partial charge on any atom is 0.240 e. The van der Waals surface area contributed by atoms with E-state index in [0.29, 0.717) is 0 Å². The van der Waals surface area contributed by atoms with Crippen LogP contribution < -0.4 is 5.32 Å². The first kappa shape index (κ1) is 14.8. The van der Waals surface area contributed by atoms with Crippen molar-refractivity contribution in [2.75, 3.05) is 0 Å². The summed E-state index contributed by atoms with van der Waals surface area (Å²) in [5.74, 6) is -0.0291. The van der Waals surface area contributed by atoms with Gasteiger partial charge in [-0.3, -0.25) is 4.79 Å². The smallest absolute Gasteiger partial charge is 0.240 e. The van der Waals surface area contributed by atoms with Crippen LogP contribution in [-0.4, -0.2) is 15.5 Å². The normalized spacial score (nSPS) is 12.3. The minimum atomic E-state index is -0.0321. The Labute approximate surface area is 137 Å². The summed E-state index contributed by atoms with van der Waals surface area (Å²) in [6.07, 6.45) is 1.70. The number of nitrogens with one attached hydrogen (secondary N) is 1. The van der Waals surface area contributed by atoms with E-state index >= 15 is 0 Å². The largest absolute Gasteiger partial charge is 0.348 e. The van der Waals surface area contributed by atoms with Crippen molar-refractivity contribution in [1.29, 1.82) is 0 Å². The number of para-hydroxylation sites is 2. The van der Waals surface area contributed by atoms with E-state index in [9.17, 15) is 4.79 Å². The minimum absolute atomic E-state index is 0.0291. The number of benzene rings is 2. The standard InChI is InChI=1S/C17H16BrN3O/c1-12(13-6-8-14(18)9-7-13)20-17(22)10-21-11-19-15-4-2-3-5-16(15)21/h2-9,11-12H,10H2,1H3,(H,20,22). The number of hydrogen-bond donors (Lipinski definition) is 1. The van der Waals surface area contributed by atoms with Crippen LogP contribution in [0.4, 0.5) is 0 Å². The Morgan fingerprint density at radius 1 is 1.23 bits per heavy atom. The maximum atomic E-state index is 12.2. The molecule has 3 rings (SSSR count). The van der Waals surface area contributed by atoms with Gasteiger partial charge in [0.2, 0.25) is 5.91 Å². The van der Waals surface area contributed by atoms with Gasteiger partial charge in [0.1, 0.15) is 6.54 Å². The summed E-state index contributed by atoms with van der Waals surface area (Å²) < 4.78 is 2.89. The van der Waals surface area contributed by atoms with E-state index in [1.807, 2.05) is 60.0 Å². The summed E-state index contributed by atoms with van der Waals surface area (Å²) >= 11 is 3.41. The maximum absolute atomic E-state index is 12.2. The monoisotopic (exact) mass is 357 g/mol. The second-order valence-corrected chi connectivity index (χ2v) is 6.12. The lowest BCUT2D eigenvalue weighted by atomic mass is 10.1. The van der Waals surface area contributed by atoms with Gasteiger partial charge >= 0.3 is 0 Å². The van der Waals surface area contributed by atoms with Crippen molar-refractivity contribution in [1.82, 2.24) is 14.9 Å². The fraction of sp³-hybridized carbons (Fsp3) is 0.176. The Bertz CT molecular complexity index is 795. The summed E-state index contributed by atoms with van der Waals surface area (Å²) in [5.41, 5.74) is 2.94. The van der Waals surface area contributed by atoms with Gasteiger partial charge in [-0.2, -0.15) is 0 Å². The number of halogens is 1. The van der Waals surface area contributed by atoms with E-state index in [1.165, 1.54) is 0 Å². The second kappa shape index (κ2) is 6.32. The summed E-state index contributed by atoms with van der Waals surface area (Å²) in [6, 6.07) is 15.7. The Balaban J connectivity index is 1.68. The molecule has 1 amide bonds. The molecule has 0 saturated carbocycles. The number of carbonyl (C=O) groups excluding carboxylic acids is 1. The van der Waals surface area contributed by atoms with Crippen LogP contribution in [0.1, 0.15) is 18.5 Å². The van der Waals surface area contributed by atoms with Crippen molar-refractivity contribution in [3.63, 3.8) is 0 Å². The molecule has 0 radical (unpaired) electrons. The molecule has 2 aromatic carbocycles. The van der Waals surface area contributed by atoms with Gasteiger partial charge in [0.25, 0.3) is 0 Å². The number of carbonyl (C=O) groups is 1. The molecule has 1 N–H and O–H groups in total. The molecule has 1 atom stereocenters. The molecular formula is C17H16BrN3O. The highest BCUT2D eigenvalue weighted by Crippen LogP contribution is 2.17. The third-order valence-corrected chi connectivity index (χ3v) is 4.12. The van der Waals surface area contributed by atoms with Gasteiger partial charge in [-0.15, -0.1) is 0 Å². The third-order valence-electron chi connectivity index (χ3n) is 3.59. The lowest BCUT2D eigenvalue weighted by molar-refractivity contribution is -0.122. The highest BCUT2D eigenvalue weighted by Gasteiger charge is 2.11. The highest BCUT2D eigenvalue weighted by molar-refractivity contribution is 9.10. The molecule has 0 spiro atoms. The second-order valence-electron chi connectivity index (χ2n) is 5.20. The zero-order chi connectivity index (χ0) is 15.5. The van der Waals surface area contributed by atoms with Gasteiger partial charge in [0.15, 0.2) is 0 Å². The molecule has 0 saturated heterocycles. The summed E-state index contributed by atoms with van der Waals surface area (Å²) in [5, 5.41) is 3.02. The quantitative estimate of drug-likeness (QED) is 0.774. The first-order chi connectivity index (χ1) is 10.6. The molecule has 3 aromatic rings. The lowest BCUT2D eigenvalue weighted by Crippen LogP contribution is -2.29. The molecule has 0 aliphatic heterocycles. The molecule has 1 unspecified atom stereocenters. The number of fused-ring (bicyclic) bond motifs is 1. The van der Waals surface area contributed by atoms with Crippen LogP contribution in [0.25, 0.3) is 11.0 Å². The Kier molecular flexibility index (Phi) is 4.24. The summed E-state index contributed by atoms with van der Waals surface area (Å²) in [7, 11) is 0. The summed E-state index contributed by atoms with van der Waals surface area (Å²) in [6.45, 7) is 2.24. The van der Waals surface area contributed by atoms with Crippen molar-refractivity contribution >= 4 is 32.9 Å². The van der Waals surface area contributed by atoms with Gasteiger partial charge in [-0.1, -0.05) is 40.2 Å². The van der Waals surface area contributed by atoms with Crippen molar-refractivity contribution in [3.05, 3.63) is 64.9 Å². The molecular weight excluding hydrogens is 342 g/mol. The van der Waals surface area contributed by atoms with Crippen LogP contribution in [0.2, 0.25) is 0 Å². The molecule has 1 aromatic heterocycles. The SMILES string of the molecule is CC(NC(=O)Cn1cnc2ccccc21)c1ccc(Br)cc1. The van der Waals surface area contributed by atoms with E-state index in [2.05, 4.69) is 26.2 Å². The number of rotatable bonds is 4. The van der Waals surface area contributed by atoms with Crippen molar-refractivity contribution in [3.8, 4) is 0 Å². The molecule has 1 heterocycles. The van der Waals surface area contributed by atoms with Crippen molar-refractivity contribution in [2.45, 2.75) is 19.5 Å². The molecule has 0 aliphatic rings. The molecule has 112 valence electrons. The predicted molar refractivity (Wildman–Crippen MR) is 90.4 cm³/mol. The molecule has 0 bridgehead atoms. The highest BCUT2D eigenvalue weighted by atomic mass is 79.9. The first-order valence-corrected chi connectivity index (χ1v) is 7.87. The van der Waals surface area contributed by atoms with E-state index in [-0.39, 0.29) is 18.5 Å². The van der Waals surface area contributed by atoms with E-state index in [0.717, 1.165) is 21.1 Å². The Morgan fingerprint density at radius 3 is 2.73 bits per heavy atom. The van der Waals surface area contributed by atoms with Crippen molar-refractivity contribution < 1.29 is 4.79 Å². The van der Waals surface area contributed by atoms with Gasteiger partial charge in [0.05, 0.1) is 23.4 Å². The van der Waals surface area contributed by atoms with Crippen LogP contribution in [0.5, 0.6) is 0 Å². The van der Waals surface area contributed by atoms with Crippen LogP contribution in [0.3, 0.4) is 0 Å². The zero-order valence-corrected chi connectivity index (χ0v) is 13.7. The molecule has 0 fully saturated rings. The molecule has 0 aliphatic carbocycles. The van der Waals surface area contributed by atoms with E-state index in [4.69, 9.17) is 0 Å². The van der Waals surface area contributed by atoms with Crippen LogP contribution in [0, 0.1) is 0 Å².